The van der Waals surface area contributed by atoms with Crippen molar-refractivity contribution in [2.75, 3.05) is 51.4 Å². The van der Waals surface area contributed by atoms with E-state index in [0.717, 1.165) is 6.42 Å². The molecule has 39 heavy (non-hydrogen) atoms. The third kappa shape index (κ3) is 11.1. The number of pyridine rings is 1. The molecule has 0 aliphatic carbocycles. The van der Waals surface area contributed by atoms with Crippen molar-refractivity contribution in [3.63, 3.8) is 0 Å². The molecule has 0 spiro atoms. The third-order valence-corrected chi connectivity index (χ3v) is 5.55. The van der Waals surface area contributed by atoms with Gasteiger partial charge in [0.15, 0.2) is 0 Å². The van der Waals surface area contributed by atoms with Gasteiger partial charge in [-0.3, -0.25) is 9.59 Å². The lowest BCUT2D eigenvalue weighted by atomic mass is 10.1. The maximum Gasteiger partial charge on any atom is 0.246 e. The van der Waals surface area contributed by atoms with E-state index >= 15 is 0 Å². The van der Waals surface area contributed by atoms with Gasteiger partial charge in [-0.05, 0) is 39.4 Å². The molecule has 0 aliphatic rings. The van der Waals surface area contributed by atoms with E-state index in [4.69, 9.17) is 0 Å². The molecule has 3 N–H and O–H groups in total. The average Bonchev–Trinajstić information content (AvgIpc) is 2.90. The number of unbranched alkanes of at least 4 members (excludes halogenated alkanes) is 1. The van der Waals surface area contributed by atoms with Gasteiger partial charge in [-0.25, -0.2) is 9.97 Å². The maximum atomic E-state index is 13.4. The summed E-state index contributed by atoms with van der Waals surface area (Å²) in [7, 11) is 5.48. The van der Waals surface area contributed by atoms with E-state index in [9.17, 15) is 14.0 Å². The first-order chi connectivity index (χ1) is 18.7. The van der Waals surface area contributed by atoms with Crippen LogP contribution in [0.2, 0.25) is 0 Å². The monoisotopic (exact) mass is 538 g/mol. The summed E-state index contributed by atoms with van der Waals surface area (Å²) in [6, 6.07) is 2.35. The van der Waals surface area contributed by atoms with Crippen molar-refractivity contribution in [3.8, 4) is 11.8 Å². The number of halogens is 1. The molecule has 0 aromatic carbocycles. The second-order valence-electron chi connectivity index (χ2n) is 9.11. The van der Waals surface area contributed by atoms with Crippen LogP contribution in [-0.4, -0.2) is 83.4 Å². The summed E-state index contributed by atoms with van der Waals surface area (Å²) in [5, 5.41) is 9.12. The first kappa shape index (κ1) is 31.2. The van der Waals surface area contributed by atoms with E-state index in [1.807, 2.05) is 32.8 Å². The summed E-state index contributed by atoms with van der Waals surface area (Å²) in [5.41, 5.74) is 1.14. The van der Waals surface area contributed by atoms with Crippen molar-refractivity contribution in [3.05, 3.63) is 48.2 Å². The van der Waals surface area contributed by atoms with E-state index < -0.39 is 12.0 Å². The molecule has 10 nitrogen and oxygen atoms in total. The molecule has 0 fully saturated rings. The van der Waals surface area contributed by atoms with Gasteiger partial charge in [-0.2, -0.15) is 9.37 Å². The number of anilines is 3. The van der Waals surface area contributed by atoms with Gasteiger partial charge in [0.1, 0.15) is 11.9 Å². The molecule has 11 heteroatoms. The van der Waals surface area contributed by atoms with Crippen LogP contribution in [0.1, 0.15) is 45.1 Å². The zero-order chi connectivity index (χ0) is 28.6. The molecule has 2 heterocycles. The number of nitrogens with zero attached hydrogens (tertiary/aromatic N) is 5. The SMILES string of the molecule is CCCNc1nc(Nc2ccnc(F)c2)ncc1C#CCCCNC(=O)[C@H](CC)N(C)C(=O)C=CCN(C)C. The van der Waals surface area contributed by atoms with Crippen LogP contribution in [-0.2, 0) is 9.59 Å². The Morgan fingerprint density at radius 2 is 1.97 bits per heavy atom. The van der Waals surface area contributed by atoms with Crippen molar-refractivity contribution in [2.45, 2.75) is 45.6 Å². The van der Waals surface area contributed by atoms with Crippen LogP contribution in [0.15, 0.2) is 36.7 Å². The Kier molecular flexibility index (Phi) is 13.4. The number of likely N-dealkylation sites (N-methyl/N-ethyl adjacent to an activating group) is 2. The highest BCUT2D eigenvalue weighted by Gasteiger charge is 2.23. The molecule has 0 saturated heterocycles. The molecule has 2 rings (SSSR count). The maximum absolute atomic E-state index is 13.4. The van der Waals surface area contributed by atoms with E-state index in [-0.39, 0.29) is 11.8 Å². The average molecular weight is 539 g/mol. The number of amides is 2. The molecule has 0 saturated carbocycles. The lowest BCUT2D eigenvalue weighted by Gasteiger charge is -2.25. The summed E-state index contributed by atoms with van der Waals surface area (Å²) in [4.78, 5) is 40.8. The van der Waals surface area contributed by atoms with Gasteiger partial charge < -0.3 is 25.8 Å². The van der Waals surface area contributed by atoms with Crippen molar-refractivity contribution < 1.29 is 14.0 Å². The minimum Gasteiger partial charge on any atom is -0.369 e. The van der Waals surface area contributed by atoms with Crippen molar-refractivity contribution >= 4 is 29.3 Å². The van der Waals surface area contributed by atoms with E-state index in [2.05, 4.69) is 42.7 Å². The Morgan fingerprint density at radius 1 is 1.18 bits per heavy atom. The highest BCUT2D eigenvalue weighted by atomic mass is 19.1. The van der Waals surface area contributed by atoms with E-state index in [1.54, 1.807) is 25.4 Å². The summed E-state index contributed by atoms with van der Waals surface area (Å²) in [5.74, 6) is 6.12. The number of hydrogen-bond acceptors (Lipinski definition) is 8. The third-order valence-electron chi connectivity index (χ3n) is 5.55. The zero-order valence-electron chi connectivity index (χ0n) is 23.4. The fourth-order valence-corrected chi connectivity index (χ4v) is 3.46. The van der Waals surface area contributed by atoms with Gasteiger partial charge in [0, 0.05) is 57.1 Å². The minimum atomic E-state index is -0.596. The smallest absolute Gasteiger partial charge is 0.246 e. The quantitative estimate of drug-likeness (QED) is 0.145. The summed E-state index contributed by atoms with van der Waals surface area (Å²) in [6.45, 7) is 5.74. The van der Waals surface area contributed by atoms with Crippen LogP contribution in [0.5, 0.6) is 0 Å². The van der Waals surface area contributed by atoms with Crippen LogP contribution in [0, 0.1) is 17.8 Å². The van der Waals surface area contributed by atoms with Crippen LogP contribution >= 0.6 is 0 Å². The molecule has 210 valence electrons. The second kappa shape index (κ2) is 16.7. The first-order valence-electron chi connectivity index (χ1n) is 13.1. The molecule has 2 aromatic rings. The van der Waals surface area contributed by atoms with Gasteiger partial charge in [-0.15, -0.1) is 0 Å². The van der Waals surface area contributed by atoms with Gasteiger partial charge >= 0.3 is 0 Å². The van der Waals surface area contributed by atoms with Gasteiger partial charge in [0.2, 0.25) is 23.7 Å². The largest absolute Gasteiger partial charge is 0.369 e. The number of hydrogen-bond donors (Lipinski definition) is 3. The Hall–Kier alpha value is -4.04. The Bertz CT molecular complexity index is 1180. The highest BCUT2D eigenvalue weighted by Crippen LogP contribution is 2.17. The van der Waals surface area contributed by atoms with Crippen LogP contribution in [0.25, 0.3) is 0 Å². The van der Waals surface area contributed by atoms with Crippen molar-refractivity contribution in [1.29, 1.82) is 0 Å². The summed E-state index contributed by atoms with van der Waals surface area (Å²) >= 11 is 0. The number of carbonyl (C=O) groups excluding carboxylic acids is 2. The minimum absolute atomic E-state index is 0.182. The number of rotatable bonds is 14. The van der Waals surface area contributed by atoms with Crippen LogP contribution in [0.3, 0.4) is 0 Å². The van der Waals surface area contributed by atoms with Crippen LogP contribution < -0.4 is 16.0 Å². The fourth-order valence-electron chi connectivity index (χ4n) is 3.46. The number of carbonyl (C=O) groups is 2. The van der Waals surface area contributed by atoms with E-state index in [0.29, 0.717) is 61.9 Å². The zero-order valence-corrected chi connectivity index (χ0v) is 23.4. The molecule has 0 bridgehead atoms. The fraction of sp³-hybridized carbons (Fsp3) is 0.464. The number of aromatic nitrogens is 3. The number of nitrogens with one attached hydrogen (secondary N) is 3. The molecule has 0 aliphatic heterocycles. The van der Waals surface area contributed by atoms with Gasteiger partial charge in [0.05, 0.1) is 11.8 Å². The second-order valence-corrected chi connectivity index (χ2v) is 9.11. The summed E-state index contributed by atoms with van der Waals surface area (Å²) in [6.07, 6.45) is 8.89. The van der Waals surface area contributed by atoms with Gasteiger partial charge in [-0.1, -0.05) is 31.8 Å². The predicted molar refractivity (Wildman–Crippen MR) is 152 cm³/mol. The molecular weight excluding hydrogens is 499 g/mol. The normalized spacial score (nSPS) is 11.6. The molecule has 1 atom stereocenters. The van der Waals surface area contributed by atoms with Crippen molar-refractivity contribution in [2.24, 2.45) is 0 Å². The molecular formula is C28H39FN8O2. The Labute approximate surface area is 230 Å². The highest BCUT2D eigenvalue weighted by molar-refractivity contribution is 5.92. The molecule has 0 unspecified atom stereocenters. The molecule has 0 radical (unpaired) electrons. The van der Waals surface area contributed by atoms with E-state index in [1.165, 1.54) is 23.2 Å². The lowest BCUT2D eigenvalue weighted by Crippen LogP contribution is -2.47. The Morgan fingerprint density at radius 3 is 2.67 bits per heavy atom. The topological polar surface area (TPSA) is 115 Å². The first-order valence-corrected chi connectivity index (χ1v) is 13.1. The predicted octanol–water partition coefficient (Wildman–Crippen LogP) is 3.18. The Balaban J connectivity index is 1.90. The van der Waals surface area contributed by atoms with Gasteiger partial charge in [0.25, 0.3) is 0 Å². The van der Waals surface area contributed by atoms with Crippen LogP contribution in [0.4, 0.5) is 21.8 Å². The lowest BCUT2D eigenvalue weighted by molar-refractivity contribution is -0.135. The molecule has 2 aromatic heterocycles. The summed E-state index contributed by atoms with van der Waals surface area (Å²) < 4.78 is 13.4. The standard InChI is InChI=1S/C28H39FN8O2/c1-6-15-31-26-21(20-33-28(35-26)34-22-14-17-30-24(29)19-22)12-9-8-10-16-32-27(39)23(7-2)37(5)25(38)13-11-18-36(3)4/h11,13-14,17,19-20,23H,6-8,10,15-16,18H2,1-5H3,(H,32,39)(H2,30,31,33,34,35)/t23-/m0/s1. The van der Waals surface area contributed by atoms with Crippen molar-refractivity contribution in [1.82, 2.24) is 30.1 Å². The molecule has 2 amide bonds.